The molecule has 1 aliphatic heterocycles. The molecule has 144 valence electrons. The smallest absolute Gasteiger partial charge is 0.230 e. The van der Waals surface area contributed by atoms with Crippen LogP contribution in [0.15, 0.2) is 59.8 Å². The summed E-state index contributed by atoms with van der Waals surface area (Å²) in [5, 5.41) is 10.5. The highest BCUT2D eigenvalue weighted by molar-refractivity contribution is 7.99. The largest absolute Gasteiger partial charge is 0.485 e. The maximum absolute atomic E-state index is 12.0. The molecule has 1 unspecified atom stereocenters. The number of aromatic nitrogens is 3. The molecule has 1 amide bonds. The summed E-state index contributed by atoms with van der Waals surface area (Å²) in [5.74, 6) is 2.21. The first-order valence-corrected chi connectivity index (χ1v) is 10.0. The van der Waals surface area contributed by atoms with Crippen LogP contribution in [0.2, 0.25) is 0 Å². The van der Waals surface area contributed by atoms with Gasteiger partial charge in [-0.05, 0) is 24.1 Å². The van der Waals surface area contributed by atoms with E-state index < -0.39 is 0 Å². The van der Waals surface area contributed by atoms with Crippen LogP contribution in [-0.2, 0) is 11.2 Å². The van der Waals surface area contributed by atoms with Crippen molar-refractivity contribution in [1.29, 1.82) is 0 Å². The number of carbonyl (C=O) groups excluding carboxylic acids is 1. The molecule has 8 heteroatoms. The highest BCUT2D eigenvalue weighted by Crippen LogP contribution is 2.35. The number of hydrogen-bond donors (Lipinski definition) is 2. The van der Waals surface area contributed by atoms with E-state index in [-0.39, 0.29) is 17.8 Å². The Morgan fingerprint density at radius 1 is 1.14 bits per heavy atom. The number of carbonyl (C=O) groups is 1. The van der Waals surface area contributed by atoms with Crippen molar-refractivity contribution in [2.75, 3.05) is 18.9 Å². The molecule has 28 heavy (non-hydrogen) atoms. The zero-order valence-corrected chi connectivity index (χ0v) is 15.9. The van der Waals surface area contributed by atoms with Crippen molar-refractivity contribution in [2.24, 2.45) is 0 Å². The predicted octanol–water partition coefficient (Wildman–Crippen LogP) is 2.77. The molecule has 2 N–H and O–H groups in total. The van der Waals surface area contributed by atoms with Crippen LogP contribution in [0, 0.1) is 0 Å². The topological polar surface area (TPSA) is 89.1 Å². The van der Waals surface area contributed by atoms with Crippen molar-refractivity contribution in [3.63, 3.8) is 0 Å². The number of fused-ring (bicyclic) bond motifs is 1. The second-order valence-electron chi connectivity index (χ2n) is 6.24. The Labute approximate surface area is 166 Å². The number of thioether (sulfide) groups is 1. The van der Waals surface area contributed by atoms with E-state index in [1.165, 1.54) is 17.3 Å². The Morgan fingerprint density at radius 2 is 1.93 bits per heavy atom. The van der Waals surface area contributed by atoms with E-state index in [4.69, 9.17) is 9.47 Å². The number of rotatable bonds is 7. The van der Waals surface area contributed by atoms with Gasteiger partial charge in [-0.3, -0.25) is 9.89 Å². The SMILES string of the molecule is O=C(CSc1n[nH]c(C2COc3ccccc3O2)n1)NCCc1ccccc1. The zero-order valence-electron chi connectivity index (χ0n) is 15.1. The summed E-state index contributed by atoms with van der Waals surface area (Å²) >= 11 is 1.28. The van der Waals surface area contributed by atoms with Crippen molar-refractivity contribution >= 4 is 17.7 Å². The molecule has 4 rings (SSSR count). The summed E-state index contributed by atoms with van der Waals surface area (Å²) in [5.41, 5.74) is 1.20. The molecule has 0 bridgehead atoms. The second kappa shape index (κ2) is 8.79. The van der Waals surface area contributed by atoms with Crippen LogP contribution in [0.4, 0.5) is 0 Å². The van der Waals surface area contributed by atoms with Gasteiger partial charge in [0, 0.05) is 6.54 Å². The molecule has 0 radical (unpaired) electrons. The van der Waals surface area contributed by atoms with Crippen molar-refractivity contribution in [1.82, 2.24) is 20.5 Å². The minimum Gasteiger partial charge on any atom is -0.485 e. The lowest BCUT2D eigenvalue weighted by Gasteiger charge is -2.24. The Kier molecular flexibility index (Phi) is 5.77. The third kappa shape index (κ3) is 4.64. The number of nitrogens with zero attached hydrogens (tertiary/aromatic N) is 2. The number of H-pyrrole nitrogens is 1. The molecule has 1 aromatic heterocycles. The summed E-state index contributed by atoms with van der Waals surface area (Å²) in [6.07, 6.45) is 0.458. The van der Waals surface area contributed by atoms with Crippen LogP contribution < -0.4 is 14.8 Å². The van der Waals surface area contributed by atoms with E-state index in [9.17, 15) is 4.79 Å². The van der Waals surface area contributed by atoms with Gasteiger partial charge >= 0.3 is 0 Å². The minimum atomic E-state index is -0.351. The second-order valence-corrected chi connectivity index (χ2v) is 7.18. The highest BCUT2D eigenvalue weighted by atomic mass is 32.2. The third-order valence-electron chi connectivity index (χ3n) is 4.21. The minimum absolute atomic E-state index is 0.0431. The third-order valence-corrected chi connectivity index (χ3v) is 5.05. The highest BCUT2D eigenvalue weighted by Gasteiger charge is 2.25. The summed E-state index contributed by atoms with van der Waals surface area (Å²) < 4.78 is 11.6. The number of nitrogens with one attached hydrogen (secondary N) is 2. The van der Waals surface area contributed by atoms with Crippen LogP contribution in [-0.4, -0.2) is 40.0 Å². The Hall–Kier alpha value is -3.00. The van der Waals surface area contributed by atoms with Crippen LogP contribution in [0.3, 0.4) is 0 Å². The molecular weight excluding hydrogens is 376 g/mol. The van der Waals surface area contributed by atoms with Crippen molar-refractivity contribution < 1.29 is 14.3 Å². The molecule has 1 atom stereocenters. The van der Waals surface area contributed by atoms with E-state index in [1.807, 2.05) is 54.6 Å². The molecule has 1 aliphatic rings. The lowest BCUT2D eigenvalue weighted by Crippen LogP contribution is -2.27. The number of aromatic amines is 1. The van der Waals surface area contributed by atoms with Crippen LogP contribution >= 0.6 is 11.8 Å². The molecular formula is C20H20N4O3S. The molecule has 7 nitrogen and oxygen atoms in total. The van der Waals surface area contributed by atoms with E-state index >= 15 is 0 Å². The number of benzene rings is 2. The van der Waals surface area contributed by atoms with Gasteiger partial charge < -0.3 is 14.8 Å². The van der Waals surface area contributed by atoms with Gasteiger partial charge in [0.05, 0.1) is 5.75 Å². The van der Waals surface area contributed by atoms with Crippen LogP contribution in [0.25, 0.3) is 0 Å². The number of amides is 1. The average Bonchev–Trinajstić information content (AvgIpc) is 3.22. The molecule has 0 saturated carbocycles. The first-order valence-electron chi connectivity index (χ1n) is 9.02. The van der Waals surface area contributed by atoms with Gasteiger partial charge in [-0.15, -0.1) is 5.10 Å². The predicted molar refractivity (Wildman–Crippen MR) is 106 cm³/mol. The summed E-state index contributed by atoms with van der Waals surface area (Å²) in [6, 6.07) is 17.6. The fourth-order valence-electron chi connectivity index (χ4n) is 2.79. The van der Waals surface area contributed by atoms with Crippen molar-refractivity contribution in [3.05, 3.63) is 66.0 Å². The number of para-hydroxylation sites is 2. The molecule has 0 aliphatic carbocycles. The number of hydrogen-bond acceptors (Lipinski definition) is 6. The maximum Gasteiger partial charge on any atom is 0.230 e. The Morgan fingerprint density at radius 3 is 2.79 bits per heavy atom. The summed E-state index contributed by atoms with van der Waals surface area (Å²) in [6.45, 7) is 0.964. The fraction of sp³-hybridized carbons (Fsp3) is 0.250. The van der Waals surface area contributed by atoms with Crippen molar-refractivity contribution in [3.8, 4) is 11.5 Å². The standard InChI is InChI=1S/C20H20N4O3S/c25-18(21-11-10-14-6-2-1-3-7-14)13-28-20-22-19(23-24-20)17-12-26-15-8-4-5-9-16(15)27-17/h1-9,17H,10-13H2,(H,21,25)(H,22,23,24). The van der Waals surface area contributed by atoms with Gasteiger partial charge in [0.15, 0.2) is 23.4 Å². The lowest BCUT2D eigenvalue weighted by molar-refractivity contribution is -0.118. The first kappa shape index (κ1) is 18.4. The van der Waals surface area contributed by atoms with Crippen molar-refractivity contribution in [2.45, 2.75) is 17.7 Å². The van der Waals surface area contributed by atoms with Crippen LogP contribution in [0.5, 0.6) is 11.5 Å². The molecule has 0 saturated heterocycles. The van der Waals surface area contributed by atoms with E-state index in [0.29, 0.717) is 29.9 Å². The van der Waals surface area contributed by atoms with Crippen LogP contribution in [0.1, 0.15) is 17.5 Å². The molecule has 0 spiro atoms. The monoisotopic (exact) mass is 396 g/mol. The molecule has 2 heterocycles. The number of ether oxygens (including phenoxy) is 2. The average molecular weight is 396 g/mol. The van der Waals surface area contributed by atoms with Gasteiger partial charge in [0.2, 0.25) is 11.1 Å². The van der Waals surface area contributed by atoms with E-state index in [2.05, 4.69) is 20.5 Å². The quantitative estimate of drug-likeness (QED) is 0.597. The van der Waals surface area contributed by atoms with Gasteiger partial charge in [0.25, 0.3) is 0 Å². The lowest BCUT2D eigenvalue weighted by atomic mass is 10.1. The fourth-order valence-corrected chi connectivity index (χ4v) is 3.43. The molecule has 3 aromatic rings. The molecule has 0 fully saturated rings. The normalized spacial score (nSPS) is 15.2. The van der Waals surface area contributed by atoms with E-state index in [1.54, 1.807) is 0 Å². The maximum atomic E-state index is 12.0. The van der Waals surface area contributed by atoms with E-state index in [0.717, 1.165) is 12.2 Å². The summed E-state index contributed by atoms with van der Waals surface area (Å²) in [7, 11) is 0. The zero-order chi connectivity index (χ0) is 19.2. The first-order chi connectivity index (χ1) is 13.8. The Balaban J connectivity index is 1.23. The van der Waals surface area contributed by atoms with Gasteiger partial charge in [-0.2, -0.15) is 0 Å². The van der Waals surface area contributed by atoms with Gasteiger partial charge in [-0.1, -0.05) is 54.2 Å². The Bertz CT molecular complexity index is 932. The summed E-state index contributed by atoms with van der Waals surface area (Å²) in [4.78, 5) is 16.4. The molecule has 2 aromatic carbocycles. The van der Waals surface area contributed by atoms with Gasteiger partial charge in [0.1, 0.15) is 6.61 Å². The van der Waals surface area contributed by atoms with Gasteiger partial charge in [-0.25, -0.2) is 4.98 Å².